The summed E-state index contributed by atoms with van der Waals surface area (Å²) in [7, 11) is 0. The molecule has 0 aromatic heterocycles. The first kappa shape index (κ1) is 17.9. The fourth-order valence-electron chi connectivity index (χ4n) is 2.38. The van der Waals surface area contributed by atoms with Gasteiger partial charge < -0.3 is 4.84 Å². The molecule has 0 bridgehead atoms. The summed E-state index contributed by atoms with van der Waals surface area (Å²) in [5, 5.41) is 3.88. The maximum Gasteiger partial charge on any atom is 0.435 e. The van der Waals surface area contributed by atoms with Crippen LogP contribution in [0.1, 0.15) is 25.8 Å². The minimum absolute atomic E-state index is 0.105. The van der Waals surface area contributed by atoms with Crippen molar-refractivity contribution in [3.05, 3.63) is 57.6 Å². The Morgan fingerprint density at radius 2 is 1.83 bits per heavy atom. The molecule has 0 radical (unpaired) electrons. The molecular formula is C16H14Cl2F3NO. The quantitative estimate of drug-likeness (QED) is 0.599. The lowest BCUT2D eigenvalue weighted by molar-refractivity contribution is -0.275. The molecule has 0 N–H and O–H groups in total. The summed E-state index contributed by atoms with van der Waals surface area (Å²) < 4.78 is 41.3. The lowest BCUT2D eigenvalue weighted by Crippen LogP contribution is -2.42. The van der Waals surface area contributed by atoms with Crippen molar-refractivity contribution in [2.75, 3.05) is 0 Å². The molecule has 0 saturated heterocycles. The van der Waals surface area contributed by atoms with Crippen molar-refractivity contribution < 1.29 is 18.0 Å². The van der Waals surface area contributed by atoms with Gasteiger partial charge in [0.25, 0.3) is 5.60 Å². The zero-order valence-electron chi connectivity index (χ0n) is 12.4. The Kier molecular flexibility index (Phi) is 5.11. The first-order chi connectivity index (χ1) is 10.7. The zero-order valence-corrected chi connectivity index (χ0v) is 13.9. The van der Waals surface area contributed by atoms with Gasteiger partial charge in [-0.3, -0.25) is 0 Å². The van der Waals surface area contributed by atoms with Crippen molar-refractivity contribution in [1.29, 1.82) is 0 Å². The molecule has 7 heteroatoms. The molecule has 1 aliphatic heterocycles. The molecule has 1 heterocycles. The molecule has 1 aromatic rings. The summed E-state index contributed by atoms with van der Waals surface area (Å²) in [6.07, 6.45) is -0.0425. The van der Waals surface area contributed by atoms with Crippen LogP contribution < -0.4 is 0 Å². The van der Waals surface area contributed by atoms with E-state index in [9.17, 15) is 13.2 Å². The largest absolute Gasteiger partial charge is 0.435 e. The monoisotopic (exact) mass is 363 g/mol. The molecule has 124 valence electrons. The molecule has 23 heavy (non-hydrogen) atoms. The third-order valence-electron chi connectivity index (χ3n) is 3.51. The number of nitrogens with zero attached hydrogens (tertiary/aromatic N) is 1. The summed E-state index contributed by atoms with van der Waals surface area (Å²) in [6.45, 7) is 3.50. The van der Waals surface area contributed by atoms with E-state index in [1.54, 1.807) is 32.1 Å². The lowest BCUT2D eigenvalue weighted by Gasteiger charge is -2.29. The van der Waals surface area contributed by atoms with Gasteiger partial charge in [-0.25, -0.2) is 0 Å². The van der Waals surface area contributed by atoms with Crippen molar-refractivity contribution >= 4 is 28.9 Å². The van der Waals surface area contributed by atoms with E-state index in [0.717, 1.165) is 0 Å². The summed E-state index contributed by atoms with van der Waals surface area (Å²) in [4.78, 5) is 4.91. The Balaban J connectivity index is 2.50. The first-order valence-corrected chi connectivity index (χ1v) is 7.57. The van der Waals surface area contributed by atoms with Crippen LogP contribution in [0.2, 0.25) is 10.0 Å². The van der Waals surface area contributed by atoms with Crippen LogP contribution in [0.4, 0.5) is 13.2 Å². The molecule has 1 aromatic carbocycles. The summed E-state index contributed by atoms with van der Waals surface area (Å²) in [6, 6.07) is 3.76. The number of benzene rings is 1. The highest BCUT2D eigenvalue weighted by Crippen LogP contribution is 2.49. The van der Waals surface area contributed by atoms with Gasteiger partial charge in [0, 0.05) is 22.0 Å². The van der Waals surface area contributed by atoms with Gasteiger partial charge in [-0.05, 0) is 37.6 Å². The van der Waals surface area contributed by atoms with Crippen LogP contribution in [0, 0.1) is 0 Å². The number of oxime groups is 1. The average Bonchev–Trinajstić information content (AvgIpc) is 2.89. The SMILES string of the molecule is CC=CC(=CC)C1=NOC(c2cc(Cl)cc(Cl)c2)(C(F)(F)F)C1. The van der Waals surface area contributed by atoms with Crippen molar-refractivity contribution in [2.24, 2.45) is 5.16 Å². The van der Waals surface area contributed by atoms with Gasteiger partial charge in [0.2, 0.25) is 0 Å². The van der Waals surface area contributed by atoms with Gasteiger partial charge in [0.15, 0.2) is 0 Å². The number of rotatable bonds is 3. The molecule has 2 rings (SSSR count). The zero-order chi connectivity index (χ0) is 17.3. The second-order valence-electron chi connectivity index (χ2n) is 5.03. The molecule has 1 unspecified atom stereocenters. The number of allylic oxidation sites excluding steroid dienone is 4. The van der Waals surface area contributed by atoms with Gasteiger partial charge in [-0.2, -0.15) is 13.2 Å². The highest BCUT2D eigenvalue weighted by molar-refractivity contribution is 6.34. The van der Waals surface area contributed by atoms with E-state index in [2.05, 4.69) is 5.16 Å². The number of hydrogen-bond acceptors (Lipinski definition) is 2. The smallest absolute Gasteiger partial charge is 0.374 e. The average molecular weight is 364 g/mol. The van der Waals surface area contributed by atoms with E-state index in [1.165, 1.54) is 18.2 Å². The van der Waals surface area contributed by atoms with Crippen LogP contribution in [-0.4, -0.2) is 11.9 Å². The standard InChI is InChI=1S/C16H14Cl2F3NO/c1-3-5-10(4-2)14-9-15(23-22-14,16(19,20)21)11-6-12(17)8-13(18)7-11/h3-8H,9H2,1-2H3. The minimum atomic E-state index is -4.68. The van der Waals surface area contributed by atoms with E-state index in [0.29, 0.717) is 5.57 Å². The molecule has 0 amide bonds. The van der Waals surface area contributed by atoms with Gasteiger partial charge in [-0.15, -0.1) is 0 Å². The Morgan fingerprint density at radius 1 is 1.22 bits per heavy atom. The Hall–Kier alpha value is -1.46. The normalized spacial score (nSPS) is 22.4. The molecular weight excluding hydrogens is 350 g/mol. The number of alkyl halides is 3. The maximum atomic E-state index is 13.8. The predicted octanol–water partition coefficient (Wildman–Crippen LogP) is 6.05. The van der Waals surface area contributed by atoms with Crippen LogP contribution in [0.5, 0.6) is 0 Å². The minimum Gasteiger partial charge on any atom is -0.374 e. The maximum absolute atomic E-state index is 13.8. The fraction of sp³-hybridized carbons (Fsp3) is 0.312. The van der Waals surface area contributed by atoms with Crippen molar-refractivity contribution in [3.8, 4) is 0 Å². The summed E-state index contributed by atoms with van der Waals surface area (Å²) >= 11 is 11.7. The Labute approximate surface area is 142 Å². The highest BCUT2D eigenvalue weighted by Gasteiger charge is 2.62. The van der Waals surface area contributed by atoms with Gasteiger partial charge in [0.1, 0.15) is 0 Å². The van der Waals surface area contributed by atoms with E-state index >= 15 is 0 Å². The van der Waals surface area contributed by atoms with Crippen molar-refractivity contribution in [3.63, 3.8) is 0 Å². The molecule has 1 atom stereocenters. The number of hydrogen-bond donors (Lipinski definition) is 0. The molecule has 1 aliphatic rings. The molecule has 2 nitrogen and oxygen atoms in total. The van der Waals surface area contributed by atoms with Gasteiger partial charge in [-0.1, -0.05) is 46.6 Å². The summed E-state index contributed by atoms with van der Waals surface area (Å²) in [5.41, 5.74) is -1.96. The van der Waals surface area contributed by atoms with E-state index in [-0.39, 0.29) is 21.3 Å². The molecule has 0 aliphatic carbocycles. The fourth-order valence-corrected chi connectivity index (χ4v) is 2.91. The third kappa shape index (κ3) is 3.40. The second kappa shape index (κ2) is 6.57. The third-order valence-corrected chi connectivity index (χ3v) is 3.94. The lowest BCUT2D eigenvalue weighted by atomic mass is 9.86. The van der Waals surface area contributed by atoms with E-state index in [4.69, 9.17) is 28.0 Å². The van der Waals surface area contributed by atoms with Crippen LogP contribution in [0.3, 0.4) is 0 Å². The molecule has 0 spiro atoms. The van der Waals surface area contributed by atoms with Gasteiger partial charge in [0.05, 0.1) is 5.71 Å². The Bertz CT molecular complexity index is 675. The number of halogens is 5. The van der Waals surface area contributed by atoms with Crippen molar-refractivity contribution in [2.45, 2.75) is 32.0 Å². The first-order valence-electron chi connectivity index (χ1n) is 6.81. The van der Waals surface area contributed by atoms with Crippen LogP contribution >= 0.6 is 23.2 Å². The predicted molar refractivity (Wildman–Crippen MR) is 85.9 cm³/mol. The van der Waals surface area contributed by atoms with Crippen LogP contribution in [0.15, 0.2) is 47.2 Å². The second-order valence-corrected chi connectivity index (χ2v) is 5.91. The van der Waals surface area contributed by atoms with E-state index < -0.39 is 18.2 Å². The van der Waals surface area contributed by atoms with Crippen LogP contribution in [0.25, 0.3) is 0 Å². The van der Waals surface area contributed by atoms with Crippen molar-refractivity contribution in [1.82, 2.24) is 0 Å². The topological polar surface area (TPSA) is 21.6 Å². The van der Waals surface area contributed by atoms with Crippen LogP contribution in [-0.2, 0) is 10.4 Å². The van der Waals surface area contributed by atoms with E-state index in [1.807, 2.05) is 0 Å². The summed E-state index contributed by atoms with van der Waals surface area (Å²) in [5.74, 6) is 0. The highest BCUT2D eigenvalue weighted by atomic mass is 35.5. The van der Waals surface area contributed by atoms with Gasteiger partial charge >= 0.3 is 6.18 Å². The Morgan fingerprint density at radius 3 is 2.30 bits per heavy atom. The molecule has 0 saturated carbocycles. The molecule has 0 fully saturated rings.